The Labute approximate surface area is 178 Å². The Morgan fingerprint density at radius 1 is 1.06 bits per heavy atom. The number of hydrogen-bond acceptors (Lipinski definition) is 3. The van der Waals surface area contributed by atoms with Gasteiger partial charge in [-0.1, -0.05) is 48.5 Å². The van der Waals surface area contributed by atoms with Crippen molar-refractivity contribution < 1.29 is 10.0 Å². The first-order valence-electron chi connectivity index (χ1n) is 10.6. The van der Waals surface area contributed by atoms with Crippen LogP contribution in [-0.4, -0.2) is 32.7 Å². The minimum Gasteiger partial charge on any atom is -0.494 e. The van der Waals surface area contributed by atoms with Crippen LogP contribution in [0.4, 0.5) is 0 Å². The van der Waals surface area contributed by atoms with E-state index in [1.165, 1.54) is 15.0 Å². The predicted molar refractivity (Wildman–Crippen MR) is 119 cm³/mol. The molecule has 2 aromatic heterocycles. The van der Waals surface area contributed by atoms with Gasteiger partial charge in [0, 0.05) is 17.3 Å². The highest BCUT2D eigenvalue weighted by atomic mass is 16.3. The summed E-state index contributed by atoms with van der Waals surface area (Å²) in [5.74, 6) is -0.264. The maximum atomic E-state index is 13.0. The highest BCUT2D eigenvalue weighted by molar-refractivity contribution is 5.85. The number of likely N-dealkylation sites (N-methyl/N-ethyl adjacent to an activating group) is 1. The van der Waals surface area contributed by atoms with Crippen molar-refractivity contribution in [2.24, 2.45) is 0 Å². The summed E-state index contributed by atoms with van der Waals surface area (Å²) in [6.07, 6.45) is 0.890. The number of rotatable bonds is 4. The minimum absolute atomic E-state index is 0.184. The van der Waals surface area contributed by atoms with Crippen molar-refractivity contribution in [2.45, 2.75) is 25.9 Å². The SMILES string of the molecule is CC[NH+]1CCc2c([nH]c3ccccc23)[C@@H]1c1c(O)n(Cc2ccccc2)c(=O)[nH]c1=O. The fourth-order valence-corrected chi connectivity index (χ4v) is 4.85. The second-order valence-corrected chi connectivity index (χ2v) is 8.08. The molecule has 0 aliphatic carbocycles. The second kappa shape index (κ2) is 7.59. The van der Waals surface area contributed by atoms with Crippen LogP contribution < -0.4 is 16.1 Å². The Morgan fingerprint density at radius 2 is 1.81 bits per heavy atom. The predicted octanol–water partition coefficient (Wildman–Crippen LogP) is 1.32. The number of aromatic hydroxyl groups is 1. The molecule has 0 bridgehead atoms. The Hall–Kier alpha value is -3.58. The number of aromatic nitrogens is 3. The molecule has 4 N–H and O–H groups in total. The Morgan fingerprint density at radius 3 is 2.58 bits per heavy atom. The molecule has 0 radical (unpaired) electrons. The van der Waals surface area contributed by atoms with Crippen LogP contribution in [0.1, 0.15) is 35.3 Å². The number of H-pyrrole nitrogens is 2. The molecule has 0 saturated heterocycles. The quantitative estimate of drug-likeness (QED) is 0.403. The van der Waals surface area contributed by atoms with Gasteiger partial charge in [-0.15, -0.1) is 0 Å². The van der Waals surface area contributed by atoms with Crippen LogP contribution in [0.15, 0.2) is 64.2 Å². The lowest BCUT2D eigenvalue weighted by molar-refractivity contribution is -0.926. The Kier molecular flexibility index (Phi) is 4.75. The maximum Gasteiger partial charge on any atom is 0.331 e. The molecule has 0 amide bonds. The highest BCUT2D eigenvalue weighted by Crippen LogP contribution is 2.32. The zero-order chi connectivity index (χ0) is 21.5. The van der Waals surface area contributed by atoms with Gasteiger partial charge in [0.15, 0.2) is 6.04 Å². The molecule has 5 rings (SSSR count). The van der Waals surface area contributed by atoms with E-state index in [-0.39, 0.29) is 24.0 Å². The number of para-hydroxylation sites is 1. The van der Waals surface area contributed by atoms with Gasteiger partial charge in [-0.2, -0.15) is 0 Å². The van der Waals surface area contributed by atoms with Gasteiger partial charge in [0.05, 0.1) is 25.3 Å². The van der Waals surface area contributed by atoms with Crippen molar-refractivity contribution in [3.63, 3.8) is 0 Å². The van der Waals surface area contributed by atoms with Gasteiger partial charge in [0.2, 0.25) is 5.88 Å². The minimum atomic E-state index is -0.610. The molecule has 31 heavy (non-hydrogen) atoms. The largest absolute Gasteiger partial charge is 0.494 e. The van der Waals surface area contributed by atoms with E-state index >= 15 is 0 Å². The van der Waals surface area contributed by atoms with Gasteiger partial charge in [0.25, 0.3) is 5.56 Å². The number of hydrogen-bond donors (Lipinski definition) is 4. The van der Waals surface area contributed by atoms with E-state index < -0.39 is 11.2 Å². The van der Waals surface area contributed by atoms with Crippen molar-refractivity contribution in [1.82, 2.24) is 14.5 Å². The number of nitrogens with one attached hydrogen (secondary N) is 3. The van der Waals surface area contributed by atoms with E-state index in [0.29, 0.717) is 0 Å². The molecule has 2 atom stereocenters. The molecule has 1 unspecified atom stereocenters. The van der Waals surface area contributed by atoms with Crippen molar-refractivity contribution in [2.75, 3.05) is 13.1 Å². The van der Waals surface area contributed by atoms with Crippen LogP contribution in [0.3, 0.4) is 0 Å². The fraction of sp³-hybridized carbons (Fsp3) is 0.250. The lowest BCUT2D eigenvalue weighted by Crippen LogP contribution is -3.13. The second-order valence-electron chi connectivity index (χ2n) is 8.08. The number of quaternary nitrogens is 1. The summed E-state index contributed by atoms with van der Waals surface area (Å²) in [7, 11) is 0. The average molecular weight is 417 g/mol. The topological polar surface area (TPSA) is 95.3 Å². The van der Waals surface area contributed by atoms with Crippen LogP contribution >= 0.6 is 0 Å². The first-order valence-corrected chi connectivity index (χ1v) is 10.6. The zero-order valence-corrected chi connectivity index (χ0v) is 17.3. The van der Waals surface area contributed by atoms with Crippen LogP contribution in [0.2, 0.25) is 0 Å². The van der Waals surface area contributed by atoms with Crippen molar-refractivity contribution in [1.29, 1.82) is 0 Å². The maximum absolute atomic E-state index is 13.0. The summed E-state index contributed by atoms with van der Waals surface area (Å²) in [5.41, 5.74) is 3.10. The molecular weight excluding hydrogens is 392 g/mol. The third-order valence-electron chi connectivity index (χ3n) is 6.37. The van der Waals surface area contributed by atoms with Crippen LogP contribution in [-0.2, 0) is 13.0 Å². The van der Waals surface area contributed by atoms with E-state index in [1.807, 2.05) is 48.5 Å². The highest BCUT2D eigenvalue weighted by Gasteiger charge is 2.38. The third-order valence-corrected chi connectivity index (χ3v) is 6.37. The Balaban J connectivity index is 1.71. The van der Waals surface area contributed by atoms with E-state index in [1.54, 1.807) is 0 Å². The van der Waals surface area contributed by atoms with E-state index in [4.69, 9.17) is 0 Å². The lowest BCUT2D eigenvalue weighted by Gasteiger charge is -2.32. The van der Waals surface area contributed by atoms with Gasteiger partial charge in [-0.05, 0) is 24.1 Å². The molecule has 3 heterocycles. The monoisotopic (exact) mass is 417 g/mol. The summed E-state index contributed by atoms with van der Waals surface area (Å²) in [6.45, 7) is 3.88. The molecule has 7 heteroatoms. The fourth-order valence-electron chi connectivity index (χ4n) is 4.85. The molecule has 4 aromatic rings. The molecule has 0 fully saturated rings. The standard InChI is InChI=1S/C24H24N4O3/c1-2-27-13-12-17-16-10-6-7-11-18(16)25-20(17)21(27)19-22(29)26-24(31)28(23(19)30)14-15-8-4-3-5-9-15/h3-11,21,25,30H,2,12-14H2,1H3,(H,26,29,31)/p+1/t21-/m0/s1. The summed E-state index contributed by atoms with van der Waals surface area (Å²) in [6, 6.07) is 17.1. The number of benzene rings is 2. The Bertz CT molecular complexity index is 1370. The zero-order valence-electron chi connectivity index (χ0n) is 17.3. The first-order chi connectivity index (χ1) is 15.1. The van der Waals surface area contributed by atoms with Crippen LogP contribution in [0.25, 0.3) is 10.9 Å². The van der Waals surface area contributed by atoms with Crippen molar-refractivity contribution >= 4 is 10.9 Å². The summed E-state index contributed by atoms with van der Waals surface area (Å²) in [5, 5.41) is 12.3. The van der Waals surface area contributed by atoms with Gasteiger partial charge in [0.1, 0.15) is 5.56 Å². The summed E-state index contributed by atoms with van der Waals surface area (Å²) < 4.78 is 1.25. The summed E-state index contributed by atoms with van der Waals surface area (Å²) in [4.78, 5) is 32.7. The van der Waals surface area contributed by atoms with Crippen LogP contribution in [0.5, 0.6) is 5.88 Å². The first kappa shape index (κ1) is 19.4. The van der Waals surface area contributed by atoms with E-state index in [9.17, 15) is 14.7 Å². The molecule has 1 aliphatic rings. The molecule has 1 aliphatic heterocycles. The van der Waals surface area contributed by atoms with E-state index in [0.717, 1.165) is 41.7 Å². The average Bonchev–Trinajstić information content (AvgIpc) is 3.16. The summed E-state index contributed by atoms with van der Waals surface area (Å²) >= 11 is 0. The third kappa shape index (κ3) is 3.18. The lowest BCUT2D eigenvalue weighted by atomic mass is 9.93. The molecule has 158 valence electrons. The van der Waals surface area contributed by atoms with Crippen molar-refractivity contribution in [3.8, 4) is 5.88 Å². The van der Waals surface area contributed by atoms with Gasteiger partial charge in [-0.3, -0.25) is 14.3 Å². The molecule has 2 aromatic carbocycles. The van der Waals surface area contributed by atoms with Gasteiger partial charge < -0.3 is 15.0 Å². The molecule has 7 nitrogen and oxygen atoms in total. The molecule has 0 spiro atoms. The molecule has 0 saturated carbocycles. The number of aromatic amines is 2. The smallest absolute Gasteiger partial charge is 0.331 e. The number of nitrogens with zero attached hydrogens (tertiary/aromatic N) is 1. The number of fused-ring (bicyclic) bond motifs is 3. The van der Waals surface area contributed by atoms with Crippen LogP contribution in [0, 0.1) is 0 Å². The van der Waals surface area contributed by atoms with E-state index in [2.05, 4.69) is 23.0 Å². The van der Waals surface area contributed by atoms with Gasteiger partial charge >= 0.3 is 5.69 Å². The normalized spacial score (nSPS) is 18.2. The van der Waals surface area contributed by atoms with Crippen molar-refractivity contribution in [3.05, 3.63) is 97.8 Å². The molecular formula is C24H25N4O3+. The van der Waals surface area contributed by atoms with Gasteiger partial charge in [-0.25, -0.2) is 4.79 Å².